The number of fused-ring (bicyclic) bond motifs is 1. The highest BCUT2D eigenvalue weighted by Crippen LogP contribution is 2.30. The fourth-order valence-electron chi connectivity index (χ4n) is 2.17. The molecule has 0 unspecified atom stereocenters. The number of ether oxygens (including phenoxy) is 1. The first-order valence-electron chi connectivity index (χ1n) is 7.37. The van der Waals surface area contributed by atoms with E-state index < -0.39 is 18.4 Å². The van der Waals surface area contributed by atoms with Crippen LogP contribution in [0.25, 0.3) is 5.65 Å². The molecule has 0 aliphatic heterocycles. The Hall–Kier alpha value is -2.69. The zero-order valence-corrected chi connectivity index (χ0v) is 14.1. The van der Waals surface area contributed by atoms with Crippen molar-refractivity contribution in [2.75, 3.05) is 5.75 Å². The van der Waals surface area contributed by atoms with Crippen molar-refractivity contribution in [2.45, 2.75) is 17.9 Å². The van der Waals surface area contributed by atoms with Gasteiger partial charge in [0.05, 0.1) is 11.3 Å². The summed E-state index contributed by atoms with van der Waals surface area (Å²) >= 11 is 0.915. The molecule has 3 rings (SSSR count). The maximum atomic E-state index is 12.8. The summed E-state index contributed by atoms with van der Waals surface area (Å²) in [6, 6.07) is 7.18. The van der Waals surface area contributed by atoms with Gasteiger partial charge in [-0.05, 0) is 36.4 Å². The van der Waals surface area contributed by atoms with E-state index >= 15 is 0 Å². The molecule has 0 atom stereocenters. The largest absolute Gasteiger partial charge is 0.435 e. The second-order valence-electron chi connectivity index (χ2n) is 5.24. The maximum absolute atomic E-state index is 12.8. The number of rotatable bonds is 6. The third kappa shape index (κ3) is 4.54. The molecule has 0 spiro atoms. The SMILES string of the molecule is O=C(CSc1nnc2ccc(C(F)(F)F)cn12)c1ccc(OC(F)F)cc1. The standard InChI is InChI=1S/C16H10F5N3O2S/c17-14(18)26-11-4-1-9(2-5-11)12(25)8-27-15-23-22-13-6-3-10(7-24(13)15)16(19,20)21/h1-7,14H,8H2. The van der Waals surface area contributed by atoms with Crippen molar-refractivity contribution in [3.8, 4) is 5.75 Å². The van der Waals surface area contributed by atoms with Gasteiger partial charge in [-0.25, -0.2) is 0 Å². The van der Waals surface area contributed by atoms with Gasteiger partial charge >= 0.3 is 12.8 Å². The topological polar surface area (TPSA) is 56.5 Å². The molecular weight excluding hydrogens is 393 g/mol. The number of hydrogen-bond donors (Lipinski definition) is 0. The molecule has 27 heavy (non-hydrogen) atoms. The van der Waals surface area contributed by atoms with Crippen molar-refractivity contribution >= 4 is 23.2 Å². The normalized spacial score (nSPS) is 11.9. The van der Waals surface area contributed by atoms with Gasteiger partial charge in [0.1, 0.15) is 5.75 Å². The number of carbonyl (C=O) groups is 1. The molecule has 142 valence electrons. The zero-order valence-electron chi connectivity index (χ0n) is 13.3. The Balaban J connectivity index is 1.71. The molecule has 0 bridgehead atoms. The van der Waals surface area contributed by atoms with Gasteiger partial charge in [0.2, 0.25) is 0 Å². The van der Waals surface area contributed by atoms with Gasteiger partial charge < -0.3 is 4.74 Å². The van der Waals surface area contributed by atoms with Gasteiger partial charge in [-0.1, -0.05) is 11.8 Å². The summed E-state index contributed by atoms with van der Waals surface area (Å²) in [7, 11) is 0. The Morgan fingerprint density at radius 3 is 2.44 bits per heavy atom. The van der Waals surface area contributed by atoms with Crippen LogP contribution in [0.3, 0.4) is 0 Å². The number of ketones is 1. The van der Waals surface area contributed by atoms with Crippen molar-refractivity contribution in [3.05, 3.63) is 53.7 Å². The summed E-state index contributed by atoms with van der Waals surface area (Å²) in [5, 5.41) is 7.67. The fourth-order valence-corrected chi connectivity index (χ4v) is 2.98. The molecule has 0 saturated carbocycles. The highest BCUT2D eigenvalue weighted by Gasteiger charge is 2.31. The molecule has 0 aliphatic carbocycles. The summed E-state index contributed by atoms with van der Waals surface area (Å²) < 4.78 is 68.0. The van der Waals surface area contributed by atoms with Crippen LogP contribution in [0.2, 0.25) is 0 Å². The predicted molar refractivity (Wildman–Crippen MR) is 86.1 cm³/mol. The second kappa shape index (κ2) is 7.51. The minimum atomic E-state index is -4.52. The minimum absolute atomic E-state index is 0.0858. The molecule has 2 aromatic heterocycles. The first-order chi connectivity index (χ1) is 12.7. The molecule has 11 heteroatoms. The molecular formula is C16H10F5N3O2S. The lowest BCUT2D eigenvalue weighted by Gasteiger charge is -2.07. The molecule has 0 amide bonds. The molecule has 2 heterocycles. The van der Waals surface area contributed by atoms with Crippen molar-refractivity contribution in [1.29, 1.82) is 0 Å². The van der Waals surface area contributed by atoms with Crippen LogP contribution in [-0.4, -0.2) is 32.7 Å². The van der Waals surface area contributed by atoms with Gasteiger partial charge in [-0.15, -0.1) is 10.2 Å². The first kappa shape index (κ1) is 19.1. The summed E-state index contributed by atoms with van der Waals surface area (Å²) in [5.41, 5.74) is -0.405. The Kier molecular flexibility index (Phi) is 5.31. The molecule has 0 radical (unpaired) electrons. The Bertz CT molecular complexity index is 957. The number of Topliss-reactive ketones (excluding diaryl/α,β-unsaturated/α-hetero) is 1. The average Bonchev–Trinajstić information content (AvgIpc) is 3.01. The van der Waals surface area contributed by atoms with Gasteiger partial charge in [0, 0.05) is 11.8 Å². The molecule has 3 aromatic rings. The zero-order chi connectivity index (χ0) is 19.6. The van der Waals surface area contributed by atoms with E-state index in [9.17, 15) is 26.7 Å². The third-order valence-corrected chi connectivity index (χ3v) is 4.38. The van der Waals surface area contributed by atoms with Crippen LogP contribution in [0, 0.1) is 0 Å². The van der Waals surface area contributed by atoms with Crippen LogP contribution >= 0.6 is 11.8 Å². The highest BCUT2D eigenvalue weighted by molar-refractivity contribution is 7.99. The molecule has 0 N–H and O–H groups in total. The summed E-state index contributed by atoms with van der Waals surface area (Å²) in [6.45, 7) is -2.97. The van der Waals surface area contributed by atoms with E-state index in [2.05, 4.69) is 14.9 Å². The van der Waals surface area contributed by atoms with Crippen molar-refractivity contribution < 1.29 is 31.5 Å². The Morgan fingerprint density at radius 1 is 1.11 bits per heavy atom. The molecule has 1 aromatic carbocycles. The van der Waals surface area contributed by atoms with Crippen LogP contribution in [-0.2, 0) is 6.18 Å². The highest BCUT2D eigenvalue weighted by atomic mass is 32.2. The van der Waals surface area contributed by atoms with Crippen LogP contribution in [0.15, 0.2) is 47.8 Å². The smallest absolute Gasteiger partial charge is 0.417 e. The molecule has 0 aliphatic rings. The molecule has 0 fully saturated rings. The van der Waals surface area contributed by atoms with Crippen molar-refractivity contribution in [2.24, 2.45) is 0 Å². The Labute approximate surface area is 153 Å². The fraction of sp³-hybridized carbons (Fsp3) is 0.188. The number of pyridine rings is 1. The van der Waals surface area contributed by atoms with Crippen molar-refractivity contribution in [1.82, 2.24) is 14.6 Å². The van der Waals surface area contributed by atoms with Gasteiger partial charge in [0.15, 0.2) is 16.6 Å². The number of benzene rings is 1. The number of halogens is 5. The van der Waals surface area contributed by atoms with Gasteiger partial charge in [-0.2, -0.15) is 22.0 Å². The van der Waals surface area contributed by atoms with E-state index in [0.29, 0.717) is 0 Å². The van der Waals surface area contributed by atoms with Crippen molar-refractivity contribution in [3.63, 3.8) is 0 Å². The number of thioether (sulfide) groups is 1. The Morgan fingerprint density at radius 2 is 1.81 bits per heavy atom. The number of aromatic nitrogens is 3. The number of hydrogen-bond acceptors (Lipinski definition) is 5. The summed E-state index contributed by atoms with van der Waals surface area (Å²) in [5.74, 6) is -0.559. The summed E-state index contributed by atoms with van der Waals surface area (Å²) in [6.07, 6.45) is -3.66. The van der Waals surface area contributed by atoms with Crippen LogP contribution in [0.1, 0.15) is 15.9 Å². The van der Waals surface area contributed by atoms with E-state index in [1.165, 1.54) is 30.3 Å². The quantitative estimate of drug-likeness (QED) is 0.349. The molecule has 0 saturated heterocycles. The predicted octanol–water partition coefficient (Wildman–Crippen LogP) is 4.32. The average molecular weight is 403 g/mol. The van der Waals surface area contributed by atoms with Crippen LogP contribution in [0.5, 0.6) is 5.75 Å². The van der Waals surface area contributed by atoms with E-state index in [1.807, 2.05) is 0 Å². The van der Waals surface area contributed by atoms with Gasteiger partial charge in [0.25, 0.3) is 0 Å². The number of nitrogens with zero attached hydrogens (tertiary/aromatic N) is 3. The van der Waals surface area contributed by atoms with E-state index in [0.717, 1.165) is 28.4 Å². The monoisotopic (exact) mass is 403 g/mol. The molecule has 5 nitrogen and oxygen atoms in total. The van der Waals surface area contributed by atoms with Gasteiger partial charge in [-0.3, -0.25) is 9.20 Å². The maximum Gasteiger partial charge on any atom is 0.417 e. The first-order valence-corrected chi connectivity index (χ1v) is 8.35. The van der Waals surface area contributed by atoms with Crippen LogP contribution in [0.4, 0.5) is 22.0 Å². The lowest BCUT2D eigenvalue weighted by molar-refractivity contribution is -0.137. The lowest BCUT2D eigenvalue weighted by atomic mass is 10.1. The van der Waals surface area contributed by atoms with E-state index in [-0.39, 0.29) is 33.7 Å². The summed E-state index contributed by atoms with van der Waals surface area (Å²) in [4.78, 5) is 12.2. The second-order valence-corrected chi connectivity index (χ2v) is 6.18. The number of carbonyl (C=O) groups excluding carboxylic acids is 1. The van der Waals surface area contributed by atoms with Crippen LogP contribution < -0.4 is 4.74 Å². The van der Waals surface area contributed by atoms with E-state index in [4.69, 9.17) is 0 Å². The van der Waals surface area contributed by atoms with E-state index in [1.54, 1.807) is 0 Å². The number of alkyl halides is 5. The lowest BCUT2D eigenvalue weighted by Crippen LogP contribution is -2.07. The third-order valence-electron chi connectivity index (χ3n) is 3.43. The minimum Gasteiger partial charge on any atom is -0.435 e.